The van der Waals surface area contributed by atoms with Gasteiger partial charge in [0.05, 0.1) is 12.9 Å². The van der Waals surface area contributed by atoms with Gasteiger partial charge in [-0.2, -0.15) is 0 Å². The first-order chi connectivity index (χ1) is 18.1. The summed E-state index contributed by atoms with van der Waals surface area (Å²) in [6.07, 6.45) is 9.26. The van der Waals surface area contributed by atoms with Crippen molar-refractivity contribution in [1.29, 1.82) is 0 Å². The van der Waals surface area contributed by atoms with Crippen molar-refractivity contribution in [3.63, 3.8) is 0 Å². The first-order valence-corrected chi connectivity index (χ1v) is 12.1. The number of nitrogens with zero attached hydrogens (tertiary/aromatic N) is 2. The number of benzene rings is 1. The normalized spacial score (nSPS) is 12.8. The zero-order valence-electron chi connectivity index (χ0n) is 23.0. The molecule has 1 aromatic heterocycles. The van der Waals surface area contributed by atoms with E-state index in [0.29, 0.717) is 41.7 Å². The molecule has 1 aliphatic rings. The van der Waals surface area contributed by atoms with E-state index < -0.39 is 11.6 Å². The van der Waals surface area contributed by atoms with Crippen LogP contribution in [0.15, 0.2) is 95.8 Å². The summed E-state index contributed by atoms with van der Waals surface area (Å²) < 4.78 is 63.4. The maximum Gasteiger partial charge on any atom is 0.168 e. The third-order valence-corrected chi connectivity index (χ3v) is 5.10. The van der Waals surface area contributed by atoms with Gasteiger partial charge in [0.15, 0.2) is 11.6 Å². The molecule has 0 saturated carbocycles. The fraction of sp³-hybridized carbons (Fsp3) is 0.290. The molecule has 0 fully saturated rings. The molecule has 0 atom stereocenters. The van der Waals surface area contributed by atoms with Gasteiger partial charge in [0.1, 0.15) is 11.7 Å². The van der Waals surface area contributed by atoms with Gasteiger partial charge in [0, 0.05) is 35.7 Å². The van der Waals surface area contributed by atoms with Gasteiger partial charge in [-0.15, -0.1) is 6.58 Å². The van der Waals surface area contributed by atoms with Gasteiger partial charge in [-0.25, -0.2) is 17.6 Å². The van der Waals surface area contributed by atoms with Gasteiger partial charge in [-0.05, 0) is 74.6 Å². The van der Waals surface area contributed by atoms with E-state index in [2.05, 4.69) is 30.1 Å². The number of aryl methyl sites for hydroxylation is 2. The van der Waals surface area contributed by atoms with Crippen molar-refractivity contribution >= 4 is 5.71 Å². The second kappa shape index (κ2) is 18.6. The molecule has 1 aromatic carbocycles. The Balaban J connectivity index is 0.000000598. The SMILES string of the molecule is C=CCC.C=CN=C(CC)C1=CC(F)=C(C)CC(F)=C1.CF.Cc1ccc(-c2ccc(C)c(F)c2F)nc1. The lowest BCUT2D eigenvalue weighted by atomic mass is 10.1. The van der Waals surface area contributed by atoms with Crippen molar-refractivity contribution in [1.82, 2.24) is 4.98 Å². The van der Waals surface area contributed by atoms with Gasteiger partial charge in [0.2, 0.25) is 0 Å². The van der Waals surface area contributed by atoms with Gasteiger partial charge < -0.3 is 0 Å². The molecule has 0 N–H and O–H groups in total. The summed E-state index contributed by atoms with van der Waals surface area (Å²) >= 11 is 0. The molecule has 0 amide bonds. The molecule has 206 valence electrons. The second-order valence-electron chi connectivity index (χ2n) is 8.08. The topological polar surface area (TPSA) is 25.2 Å². The molecule has 38 heavy (non-hydrogen) atoms. The second-order valence-corrected chi connectivity index (χ2v) is 8.08. The zero-order valence-corrected chi connectivity index (χ0v) is 23.0. The van der Waals surface area contributed by atoms with Gasteiger partial charge in [-0.1, -0.05) is 38.6 Å². The molecule has 1 heterocycles. The molecule has 3 rings (SSSR count). The average molecular weight is 533 g/mol. The van der Waals surface area contributed by atoms with E-state index in [1.165, 1.54) is 25.3 Å². The molecular weight excluding hydrogens is 495 g/mol. The van der Waals surface area contributed by atoms with Crippen molar-refractivity contribution in [3.05, 3.63) is 114 Å². The zero-order chi connectivity index (χ0) is 29.3. The van der Waals surface area contributed by atoms with Crippen LogP contribution in [0.3, 0.4) is 0 Å². The summed E-state index contributed by atoms with van der Waals surface area (Å²) in [6, 6.07) is 6.60. The molecule has 2 nitrogen and oxygen atoms in total. The highest BCUT2D eigenvalue weighted by Gasteiger charge is 2.14. The Hall–Kier alpha value is -3.61. The number of aromatic nitrogens is 1. The average Bonchev–Trinajstić information content (AvgIpc) is 3.04. The quantitative estimate of drug-likeness (QED) is 0.214. The molecule has 0 spiro atoms. The highest BCUT2D eigenvalue weighted by molar-refractivity contribution is 6.03. The lowest BCUT2D eigenvalue weighted by molar-refractivity contribution is 0.505. The fourth-order valence-electron chi connectivity index (χ4n) is 2.98. The Morgan fingerprint density at radius 1 is 0.947 bits per heavy atom. The molecule has 0 saturated heterocycles. The number of aliphatic imine (C=N–C) groups is 1. The number of hydrogen-bond acceptors (Lipinski definition) is 2. The third kappa shape index (κ3) is 11.2. The van der Waals surface area contributed by atoms with Crippen LogP contribution in [0.25, 0.3) is 11.3 Å². The number of allylic oxidation sites excluding steroid dienone is 7. The van der Waals surface area contributed by atoms with Crippen molar-refractivity contribution in [2.75, 3.05) is 7.18 Å². The standard InChI is InChI=1S/C13H11F2N.C13H15F2N.C4H8.CH3F/c1-8-3-6-11(16-7-8)10-5-4-9(2)12(14)13(10)15;1-4-13(16-5-2)10-7-11(14)6-9(3)12(15)8-10;1-3-4-2;1-2/h3-7H,1-2H3;5,7-8H,2,4,6H2,1,3H3;3H,1,4H2,2H3;1H3. The first-order valence-electron chi connectivity index (χ1n) is 12.1. The number of hydrogen-bond donors (Lipinski definition) is 0. The molecule has 2 aromatic rings. The molecule has 0 unspecified atom stereocenters. The van der Waals surface area contributed by atoms with E-state index >= 15 is 0 Å². The maximum atomic E-state index is 13.6. The summed E-state index contributed by atoms with van der Waals surface area (Å²) in [5.74, 6) is -2.37. The molecule has 1 aliphatic carbocycles. The summed E-state index contributed by atoms with van der Waals surface area (Å²) in [4.78, 5) is 8.09. The highest BCUT2D eigenvalue weighted by Crippen LogP contribution is 2.26. The largest absolute Gasteiger partial charge is 0.261 e. The maximum absolute atomic E-state index is 13.6. The van der Waals surface area contributed by atoms with Crippen LogP contribution in [0.2, 0.25) is 0 Å². The van der Waals surface area contributed by atoms with Crippen LogP contribution < -0.4 is 0 Å². The van der Waals surface area contributed by atoms with Crippen molar-refractivity contribution in [3.8, 4) is 11.3 Å². The Morgan fingerprint density at radius 2 is 1.58 bits per heavy atom. The van der Waals surface area contributed by atoms with E-state index in [-0.39, 0.29) is 23.6 Å². The number of halogens is 5. The monoisotopic (exact) mass is 532 g/mol. The van der Waals surface area contributed by atoms with Gasteiger partial charge in [0.25, 0.3) is 0 Å². The Morgan fingerprint density at radius 3 is 2.08 bits per heavy atom. The van der Waals surface area contributed by atoms with Crippen LogP contribution in [0.1, 0.15) is 51.2 Å². The number of pyridine rings is 1. The van der Waals surface area contributed by atoms with Crippen molar-refractivity contribution in [2.24, 2.45) is 4.99 Å². The molecular formula is C31H37F5N2. The van der Waals surface area contributed by atoms with Crippen LogP contribution in [-0.4, -0.2) is 17.9 Å². The van der Waals surface area contributed by atoms with Crippen LogP contribution in [0.4, 0.5) is 22.0 Å². The smallest absolute Gasteiger partial charge is 0.168 e. The molecule has 0 aliphatic heterocycles. The van der Waals surface area contributed by atoms with Crippen LogP contribution in [0, 0.1) is 25.5 Å². The van der Waals surface area contributed by atoms with Gasteiger partial charge in [-0.3, -0.25) is 14.4 Å². The minimum Gasteiger partial charge on any atom is -0.261 e. The Kier molecular flexibility index (Phi) is 16.8. The Bertz CT molecular complexity index is 1170. The molecule has 0 radical (unpaired) electrons. The van der Waals surface area contributed by atoms with E-state index in [1.807, 2.05) is 26.0 Å². The van der Waals surface area contributed by atoms with Crippen LogP contribution in [0.5, 0.6) is 0 Å². The lowest BCUT2D eigenvalue weighted by Crippen LogP contribution is -1.99. The molecule has 0 bridgehead atoms. The van der Waals surface area contributed by atoms with Crippen molar-refractivity contribution in [2.45, 2.75) is 53.9 Å². The highest BCUT2D eigenvalue weighted by atomic mass is 19.2. The minimum atomic E-state index is -0.837. The van der Waals surface area contributed by atoms with E-state index in [1.54, 1.807) is 31.3 Å². The van der Waals surface area contributed by atoms with E-state index in [0.717, 1.165) is 12.0 Å². The van der Waals surface area contributed by atoms with Crippen molar-refractivity contribution < 1.29 is 22.0 Å². The fourth-order valence-corrected chi connectivity index (χ4v) is 2.98. The third-order valence-electron chi connectivity index (χ3n) is 5.10. The first kappa shape index (κ1) is 34.4. The van der Waals surface area contributed by atoms with E-state index in [9.17, 15) is 22.0 Å². The summed E-state index contributed by atoms with van der Waals surface area (Å²) in [7, 11) is 0.500. The van der Waals surface area contributed by atoms with Crippen LogP contribution in [-0.2, 0) is 0 Å². The predicted octanol–water partition coefficient (Wildman–Crippen LogP) is 10.2. The van der Waals surface area contributed by atoms with Gasteiger partial charge >= 0.3 is 0 Å². The number of rotatable bonds is 5. The minimum absolute atomic E-state index is 0.0247. The number of alkyl halides is 1. The summed E-state index contributed by atoms with van der Waals surface area (Å²) in [6.45, 7) is 15.9. The summed E-state index contributed by atoms with van der Waals surface area (Å²) in [5.41, 5.74) is 3.44. The predicted molar refractivity (Wildman–Crippen MR) is 150 cm³/mol. The van der Waals surface area contributed by atoms with E-state index in [4.69, 9.17) is 0 Å². The molecule has 7 heteroatoms. The Labute approximate surface area is 223 Å². The summed E-state index contributed by atoms with van der Waals surface area (Å²) in [5, 5.41) is 0. The lowest BCUT2D eigenvalue weighted by Gasteiger charge is -2.05. The van der Waals surface area contributed by atoms with Crippen LogP contribution >= 0.6 is 0 Å².